The van der Waals surface area contributed by atoms with Crippen LogP contribution in [0.5, 0.6) is 0 Å². The topological polar surface area (TPSA) is 66.6 Å². The summed E-state index contributed by atoms with van der Waals surface area (Å²) < 4.78 is 43.7. The molecule has 1 aromatic carbocycles. The molecule has 2 aromatic rings. The molecule has 128 valence electrons. The molecule has 8 heteroatoms. The Bertz CT molecular complexity index is 757. The van der Waals surface area contributed by atoms with Crippen LogP contribution in [0.4, 0.5) is 13.2 Å². The maximum absolute atomic E-state index is 12.9. The molecule has 0 bridgehead atoms. The van der Waals surface area contributed by atoms with Crippen molar-refractivity contribution in [3.8, 4) is 0 Å². The van der Waals surface area contributed by atoms with Crippen molar-refractivity contribution in [3.63, 3.8) is 0 Å². The molecule has 1 aliphatic rings. The van der Waals surface area contributed by atoms with Crippen molar-refractivity contribution in [2.24, 2.45) is 0 Å². The molecule has 0 spiro atoms. The predicted molar refractivity (Wildman–Crippen MR) is 77.1 cm³/mol. The van der Waals surface area contributed by atoms with Gasteiger partial charge in [0, 0.05) is 6.54 Å². The maximum atomic E-state index is 12.9. The number of amides is 1. The number of nitrogens with zero attached hydrogens (tertiary/aromatic N) is 2. The van der Waals surface area contributed by atoms with Crippen LogP contribution < -0.4 is 0 Å². The van der Waals surface area contributed by atoms with Gasteiger partial charge in [-0.05, 0) is 31.0 Å². The Balaban J connectivity index is 1.94. The molecule has 1 aliphatic heterocycles. The van der Waals surface area contributed by atoms with E-state index >= 15 is 0 Å². The molecule has 3 rings (SSSR count). The van der Waals surface area contributed by atoms with Gasteiger partial charge in [0.15, 0.2) is 12.1 Å². The van der Waals surface area contributed by atoms with Gasteiger partial charge in [0.25, 0.3) is 5.91 Å². The van der Waals surface area contributed by atoms with Gasteiger partial charge in [-0.2, -0.15) is 13.2 Å². The zero-order chi connectivity index (χ0) is 17.5. The van der Waals surface area contributed by atoms with Crippen LogP contribution in [0.2, 0.25) is 0 Å². The highest BCUT2D eigenvalue weighted by molar-refractivity contribution is 5.93. The smallest absolute Gasteiger partial charge is 0.416 e. The average molecular weight is 340 g/mol. The van der Waals surface area contributed by atoms with Gasteiger partial charge in [-0.25, -0.2) is 4.98 Å². The Morgan fingerprint density at radius 1 is 1.42 bits per heavy atom. The fourth-order valence-corrected chi connectivity index (χ4v) is 2.92. The quantitative estimate of drug-likeness (QED) is 0.913. The van der Waals surface area contributed by atoms with E-state index in [1.807, 2.05) is 0 Å². The third-order valence-electron chi connectivity index (χ3n) is 4.09. The summed E-state index contributed by atoms with van der Waals surface area (Å²) in [7, 11) is 0. The number of aromatic nitrogens is 1. The highest BCUT2D eigenvalue weighted by atomic mass is 19.4. The third kappa shape index (κ3) is 3.01. The first kappa shape index (κ1) is 16.5. The number of hydrogen-bond acceptors (Lipinski definition) is 4. The summed E-state index contributed by atoms with van der Waals surface area (Å²) in [6.45, 7) is 1.61. The molecular weight excluding hydrogens is 325 g/mol. The first-order valence-electron chi connectivity index (χ1n) is 7.33. The number of carbonyl (C=O) groups is 1. The van der Waals surface area contributed by atoms with Crippen LogP contribution in [0.15, 0.2) is 35.1 Å². The molecule has 0 unspecified atom stereocenters. The average Bonchev–Trinajstić information content (AvgIpc) is 3.12. The van der Waals surface area contributed by atoms with Gasteiger partial charge in [0.05, 0.1) is 17.7 Å². The molecule has 0 saturated carbocycles. The molecule has 1 N–H and O–H groups in total. The summed E-state index contributed by atoms with van der Waals surface area (Å²) in [5, 5.41) is 9.92. The number of halogens is 3. The summed E-state index contributed by atoms with van der Waals surface area (Å²) in [5.74, 6) is -0.149. The second-order valence-corrected chi connectivity index (χ2v) is 5.74. The van der Waals surface area contributed by atoms with Gasteiger partial charge in [0.1, 0.15) is 5.76 Å². The first-order chi connectivity index (χ1) is 11.3. The molecule has 1 fully saturated rings. The molecule has 2 heterocycles. The molecule has 0 radical (unpaired) electrons. The minimum atomic E-state index is -4.47. The van der Waals surface area contributed by atoms with Crippen LogP contribution in [0.1, 0.15) is 39.8 Å². The van der Waals surface area contributed by atoms with E-state index in [0.29, 0.717) is 11.3 Å². The highest BCUT2D eigenvalue weighted by Crippen LogP contribution is 2.36. The van der Waals surface area contributed by atoms with Crippen molar-refractivity contribution in [1.29, 1.82) is 0 Å². The standard InChI is InChI=1S/C16H15F3N2O3/c1-9-14(20-8-24-9)15(23)21-7-12(22)6-13(21)10-3-2-4-11(5-10)16(17,18)19/h2-5,8,12-13,22H,6-7H2,1H3/t12-,13+/m0/s1. The third-order valence-corrected chi connectivity index (χ3v) is 4.09. The van der Waals surface area contributed by atoms with E-state index in [9.17, 15) is 23.1 Å². The summed E-state index contributed by atoms with van der Waals surface area (Å²) in [6, 6.07) is 4.16. The summed E-state index contributed by atoms with van der Waals surface area (Å²) in [5.41, 5.74) is -0.358. The molecule has 1 saturated heterocycles. The van der Waals surface area contributed by atoms with Crippen LogP contribution in [0, 0.1) is 6.92 Å². The fourth-order valence-electron chi connectivity index (χ4n) is 2.92. The molecule has 1 amide bonds. The number of benzene rings is 1. The number of carbonyl (C=O) groups excluding carboxylic acids is 1. The second kappa shape index (κ2) is 5.94. The summed E-state index contributed by atoms with van der Waals surface area (Å²) in [4.78, 5) is 17.8. The molecule has 1 aromatic heterocycles. The van der Waals surface area contributed by atoms with Crippen LogP contribution in [0.25, 0.3) is 0 Å². The zero-order valence-corrected chi connectivity index (χ0v) is 12.7. The lowest BCUT2D eigenvalue weighted by atomic mass is 10.0. The minimum Gasteiger partial charge on any atom is -0.448 e. The number of aliphatic hydroxyl groups is 1. The van der Waals surface area contributed by atoms with Gasteiger partial charge in [-0.15, -0.1) is 0 Å². The molecule has 5 nitrogen and oxygen atoms in total. The molecule has 2 atom stereocenters. The van der Waals surface area contributed by atoms with Crippen LogP contribution in [-0.2, 0) is 6.18 Å². The first-order valence-corrected chi connectivity index (χ1v) is 7.33. The second-order valence-electron chi connectivity index (χ2n) is 5.74. The van der Waals surface area contributed by atoms with E-state index in [1.54, 1.807) is 6.92 Å². The Morgan fingerprint density at radius 2 is 2.17 bits per heavy atom. The number of aryl methyl sites for hydroxylation is 1. The van der Waals surface area contributed by atoms with Crippen molar-refractivity contribution in [2.45, 2.75) is 31.7 Å². The van der Waals surface area contributed by atoms with Crippen molar-refractivity contribution in [3.05, 3.63) is 53.2 Å². The monoisotopic (exact) mass is 340 g/mol. The summed E-state index contributed by atoms with van der Waals surface area (Å²) >= 11 is 0. The number of hydrogen-bond donors (Lipinski definition) is 1. The SMILES string of the molecule is Cc1ocnc1C(=O)N1C[C@@H](O)C[C@@H]1c1cccc(C(F)(F)F)c1. The van der Waals surface area contributed by atoms with E-state index < -0.39 is 29.8 Å². The Kier molecular flexibility index (Phi) is 4.08. The van der Waals surface area contributed by atoms with Crippen molar-refractivity contribution in [1.82, 2.24) is 9.88 Å². The Morgan fingerprint density at radius 3 is 2.79 bits per heavy atom. The number of likely N-dealkylation sites (tertiary alicyclic amines) is 1. The Labute approximate surface area is 135 Å². The molecule has 24 heavy (non-hydrogen) atoms. The van der Waals surface area contributed by atoms with Gasteiger partial charge in [0.2, 0.25) is 0 Å². The lowest BCUT2D eigenvalue weighted by Crippen LogP contribution is -2.32. The normalized spacial score (nSPS) is 21.3. The van der Waals surface area contributed by atoms with Gasteiger partial charge >= 0.3 is 6.18 Å². The number of aliphatic hydroxyl groups excluding tert-OH is 1. The minimum absolute atomic E-state index is 0.0338. The van der Waals surface area contributed by atoms with Crippen LogP contribution in [-0.4, -0.2) is 33.5 Å². The lowest BCUT2D eigenvalue weighted by Gasteiger charge is -2.24. The summed E-state index contributed by atoms with van der Waals surface area (Å²) in [6.07, 6.45) is -3.97. The predicted octanol–water partition coefficient (Wildman–Crippen LogP) is 2.95. The van der Waals surface area contributed by atoms with E-state index in [0.717, 1.165) is 18.5 Å². The van der Waals surface area contributed by atoms with Crippen molar-refractivity contribution in [2.75, 3.05) is 6.54 Å². The van der Waals surface area contributed by atoms with E-state index in [2.05, 4.69) is 4.98 Å². The van der Waals surface area contributed by atoms with Crippen molar-refractivity contribution < 1.29 is 27.5 Å². The lowest BCUT2D eigenvalue weighted by molar-refractivity contribution is -0.137. The largest absolute Gasteiger partial charge is 0.448 e. The maximum Gasteiger partial charge on any atom is 0.416 e. The number of oxazole rings is 1. The van der Waals surface area contributed by atoms with Gasteiger partial charge in [-0.1, -0.05) is 12.1 Å². The van der Waals surface area contributed by atoms with Crippen LogP contribution in [0.3, 0.4) is 0 Å². The molecule has 0 aliphatic carbocycles. The number of β-amino-alcohol motifs (C(OH)–C–C–N with tert-alkyl or cyclic N) is 1. The van der Waals surface area contributed by atoms with E-state index in [1.165, 1.54) is 17.0 Å². The highest BCUT2D eigenvalue weighted by Gasteiger charge is 2.38. The van der Waals surface area contributed by atoms with Gasteiger partial charge < -0.3 is 14.4 Å². The zero-order valence-electron chi connectivity index (χ0n) is 12.7. The van der Waals surface area contributed by atoms with Crippen molar-refractivity contribution >= 4 is 5.91 Å². The Hall–Kier alpha value is -2.35. The number of rotatable bonds is 2. The fraction of sp³-hybridized carbons (Fsp3) is 0.375. The molecular formula is C16H15F3N2O3. The van der Waals surface area contributed by atoms with Crippen LogP contribution >= 0.6 is 0 Å². The van der Waals surface area contributed by atoms with E-state index in [-0.39, 0.29) is 18.7 Å². The van der Waals surface area contributed by atoms with E-state index in [4.69, 9.17) is 4.42 Å². The number of alkyl halides is 3. The van der Waals surface area contributed by atoms with Gasteiger partial charge in [-0.3, -0.25) is 4.79 Å².